The molecule has 0 spiro atoms. The summed E-state index contributed by atoms with van der Waals surface area (Å²) in [5.41, 5.74) is 6.22. The molecule has 0 aromatic carbocycles. The zero-order valence-corrected chi connectivity index (χ0v) is 9.89. The van der Waals surface area contributed by atoms with Crippen LogP contribution in [0.2, 0.25) is 0 Å². The molecule has 0 aliphatic heterocycles. The molecule has 0 bridgehead atoms. The van der Waals surface area contributed by atoms with Crippen molar-refractivity contribution in [3.8, 4) is 0 Å². The van der Waals surface area contributed by atoms with Crippen molar-refractivity contribution in [1.29, 1.82) is 5.41 Å². The van der Waals surface area contributed by atoms with E-state index in [4.69, 9.17) is 11.1 Å². The molecule has 0 fully saturated rings. The molecule has 1 heterocycles. The second-order valence-corrected chi connectivity index (χ2v) is 4.08. The highest BCUT2D eigenvalue weighted by Crippen LogP contribution is 2.07. The summed E-state index contributed by atoms with van der Waals surface area (Å²) >= 11 is 4.50. The fourth-order valence-electron chi connectivity index (χ4n) is 0.740. The van der Waals surface area contributed by atoms with Crippen molar-refractivity contribution in [1.82, 2.24) is 4.98 Å². The molecule has 1 rings (SSSR count). The van der Waals surface area contributed by atoms with Crippen LogP contribution >= 0.6 is 27.7 Å². The SMILES string of the molecule is CSC(=N)N=C(N)c1ccc(Br)cn1. The quantitative estimate of drug-likeness (QED) is 0.605. The van der Waals surface area contributed by atoms with Gasteiger partial charge in [-0.15, -0.1) is 0 Å². The Kier molecular flexibility index (Phi) is 4.09. The van der Waals surface area contributed by atoms with Crippen molar-refractivity contribution in [2.75, 3.05) is 6.26 Å². The molecule has 1 aromatic heterocycles. The summed E-state index contributed by atoms with van der Waals surface area (Å²) in [5, 5.41) is 7.49. The predicted molar refractivity (Wildman–Crippen MR) is 63.9 cm³/mol. The van der Waals surface area contributed by atoms with Crippen molar-refractivity contribution in [3.63, 3.8) is 0 Å². The van der Waals surface area contributed by atoms with E-state index in [0.29, 0.717) is 5.69 Å². The average Bonchev–Trinajstić information content (AvgIpc) is 2.18. The van der Waals surface area contributed by atoms with E-state index < -0.39 is 0 Å². The van der Waals surface area contributed by atoms with Crippen LogP contribution in [0.25, 0.3) is 0 Å². The van der Waals surface area contributed by atoms with Crippen LogP contribution in [0.4, 0.5) is 0 Å². The summed E-state index contributed by atoms with van der Waals surface area (Å²) in [6, 6.07) is 3.57. The first-order valence-electron chi connectivity index (χ1n) is 3.72. The molecule has 1 aromatic rings. The van der Waals surface area contributed by atoms with Crippen LogP contribution in [0.3, 0.4) is 0 Å². The molecule has 0 saturated carbocycles. The van der Waals surface area contributed by atoms with Gasteiger partial charge < -0.3 is 5.73 Å². The summed E-state index contributed by atoms with van der Waals surface area (Å²) in [4.78, 5) is 7.92. The Morgan fingerprint density at radius 3 is 2.86 bits per heavy atom. The van der Waals surface area contributed by atoms with Crippen LogP contribution in [-0.4, -0.2) is 22.2 Å². The molecular formula is C8H9BrN4S. The fourth-order valence-corrected chi connectivity index (χ4v) is 1.16. The van der Waals surface area contributed by atoms with Crippen molar-refractivity contribution >= 4 is 38.7 Å². The highest BCUT2D eigenvalue weighted by Gasteiger charge is 2.00. The Balaban J connectivity index is 2.89. The Morgan fingerprint density at radius 2 is 2.36 bits per heavy atom. The largest absolute Gasteiger partial charge is 0.382 e. The van der Waals surface area contributed by atoms with Gasteiger partial charge in [-0.2, -0.15) is 0 Å². The van der Waals surface area contributed by atoms with E-state index in [1.54, 1.807) is 18.5 Å². The third kappa shape index (κ3) is 3.12. The summed E-state index contributed by atoms with van der Waals surface area (Å²) in [5.74, 6) is 0.261. The molecule has 0 unspecified atom stereocenters. The summed E-state index contributed by atoms with van der Waals surface area (Å²) < 4.78 is 0.883. The Morgan fingerprint density at radius 1 is 1.64 bits per heavy atom. The van der Waals surface area contributed by atoms with E-state index in [-0.39, 0.29) is 11.0 Å². The van der Waals surface area contributed by atoms with Crippen LogP contribution in [0, 0.1) is 5.41 Å². The zero-order chi connectivity index (χ0) is 10.6. The molecule has 74 valence electrons. The maximum atomic E-state index is 7.32. The molecule has 0 saturated heterocycles. The van der Waals surface area contributed by atoms with E-state index in [1.165, 1.54) is 11.8 Å². The summed E-state index contributed by atoms with van der Waals surface area (Å²) in [6.07, 6.45) is 3.41. The van der Waals surface area contributed by atoms with Crippen molar-refractivity contribution < 1.29 is 0 Å². The van der Waals surface area contributed by atoms with Gasteiger partial charge in [0.05, 0.1) is 0 Å². The topological polar surface area (TPSA) is 75.1 Å². The number of hydrogen-bond donors (Lipinski definition) is 2. The number of nitrogens with two attached hydrogens (primary N) is 1. The number of hydrogen-bond acceptors (Lipinski definition) is 3. The first-order valence-corrected chi connectivity index (χ1v) is 5.74. The van der Waals surface area contributed by atoms with Crippen molar-refractivity contribution in [2.45, 2.75) is 0 Å². The summed E-state index contributed by atoms with van der Waals surface area (Å²) in [6.45, 7) is 0. The lowest BCUT2D eigenvalue weighted by Gasteiger charge is -1.99. The van der Waals surface area contributed by atoms with Crippen LogP contribution in [0.1, 0.15) is 5.69 Å². The van der Waals surface area contributed by atoms with Crippen LogP contribution < -0.4 is 5.73 Å². The fraction of sp³-hybridized carbons (Fsp3) is 0.125. The lowest BCUT2D eigenvalue weighted by Crippen LogP contribution is -2.16. The lowest BCUT2D eigenvalue weighted by atomic mass is 10.3. The monoisotopic (exact) mass is 272 g/mol. The Bertz CT molecular complexity index is 360. The van der Waals surface area contributed by atoms with Gasteiger partial charge in [-0.1, -0.05) is 11.8 Å². The van der Waals surface area contributed by atoms with Crippen molar-refractivity contribution in [2.24, 2.45) is 10.7 Å². The van der Waals surface area contributed by atoms with Gasteiger partial charge in [0.25, 0.3) is 0 Å². The number of rotatable bonds is 1. The van der Waals surface area contributed by atoms with Crippen LogP contribution in [0.5, 0.6) is 0 Å². The molecule has 14 heavy (non-hydrogen) atoms. The second kappa shape index (κ2) is 5.11. The summed E-state index contributed by atoms with van der Waals surface area (Å²) in [7, 11) is 0. The highest BCUT2D eigenvalue weighted by atomic mass is 79.9. The molecule has 0 atom stereocenters. The van der Waals surface area contributed by atoms with E-state index >= 15 is 0 Å². The van der Waals surface area contributed by atoms with E-state index in [9.17, 15) is 0 Å². The number of thioether (sulfide) groups is 1. The molecule has 0 aliphatic carbocycles. The molecule has 0 amide bonds. The third-order valence-corrected chi connectivity index (χ3v) is 2.35. The predicted octanol–water partition coefficient (Wildman–Crippen LogP) is 1.85. The molecular weight excluding hydrogens is 264 g/mol. The minimum absolute atomic E-state index is 0.173. The van der Waals surface area contributed by atoms with Gasteiger partial charge in [0.2, 0.25) is 0 Å². The number of aliphatic imine (C=N–C) groups is 1. The Hall–Kier alpha value is -0.880. The third-order valence-electron chi connectivity index (χ3n) is 1.41. The van der Waals surface area contributed by atoms with Gasteiger partial charge >= 0.3 is 0 Å². The lowest BCUT2D eigenvalue weighted by molar-refractivity contribution is 1.26. The number of halogens is 1. The standard InChI is InChI=1S/C8H9BrN4S/c1-14-8(11)13-7(10)6-3-2-5(9)4-12-6/h2-4H,1H3,(H3,10,11,13). The molecule has 0 aliphatic rings. The van der Waals surface area contributed by atoms with Crippen molar-refractivity contribution in [3.05, 3.63) is 28.5 Å². The van der Waals surface area contributed by atoms with Gasteiger partial charge in [0.1, 0.15) is 5.69 Å². The molecule has 3 N–H and O–H groups in total. The van der Waals surface area contributed by atoms with Gasteiger partial charge in [-0.05, 0) is 34.3 Å². The first kappa shape index (κ1) is 11.2. The number of amidine groups is 2. The van der Waals surface area contributed by atoms with Gasteiger partial charge in [0.15, 0.2) is 11.0 Å². The maximum absolute atomic E-state index is 7.32. The van der Waals surface area contributed by atoms with Crippen LogP contribution in [0.15, 0.2) is 27.8 Å². The number of pyridine rings is 1. The zero-order valence-electron chi connectivity index (χ0n) is 7.49. The first-order chi connectivity index (χ1) is 6.63. The second-order valence-electron chi connectivity index (χ2n) is 2.37. The van der Waals surface area contributed by atoms with Crippen LogP contribution in [-0.2, 0) is 0 Å². The number of nitrogens with zero attached hydrogens (tertiary/aromatic N) is 2. The van der Waals surface area contributed by atoms with Gasteiger partial charge in [0, 0.05) is 10.7 Å². The minimum Gasteiger partial charge on any atom is -0.382 e. The van der Waals surface area contributed by atoms with E-state index in [0.717, 1.165) is 4.47 Å². The van der Waals surface area contributed by atoms with Gasteiger partial charge in [-0.25, -0.2) is 4.99 Å². The molecule has 6 heteroatoms. The normalized spacial score (nSPS) is 11.4. The van der Waals surface area contributed by atoms with Gasteiger partial charge in [-0.3, -0.25) is 10.4 Å². The van der Waals surface area contributed by atoms with E-state index in [2.05, 4.69) is 25.9 Å². The smallest absolute Gasteiger partial charge is 0.181 e. The van der Waals surface area contributed by atoms with E-state index in [1.807, 2.05) is 6.07 Å². The molecule has 0 radical (unpaired) electrons. The Labute approximate surface area is 94.7 Å². The number of aromatic nitrogens is 1. The molecule has 4 nitrogen and oxygen atoms in total. The number of nitrogens with one attached hydrogen (secondary N) is 1. The minimum atomic E-state index is 0.173. The average molecular weight is 273 g/mol. The maximum Gasteiger partial charge on any atom is 0.181 e. The highest BCUT2D eigenvalue weighted by molar-refractivity contribution is 9.10.